The zero-order chi connectivity index (χ0) is 12.4. The summed E-state index contributed by atoms with van der Waals surface area (Å²) < 4.78 is 5.32. The molecule has 1 aliphatic heterocycles. The molecule has 0 bridgehead atoms. The van der Waals surface area contributed by atoms with Gasteiger partial charge in [0.15, 0.2) is 0 Å². The van der Waals surface area contributed by atoms with Crippen LogP contribution in [0.2, 0.25) is 0 Å². The van der Waals surface area contributed by atoms with E-state index in [0.29, 0.717) is 5.84 Å². The Bertz CT molecular complexity index is 573. The van der Waals surface area contributed by atoms with Gasteiger partial charge in [0.2, 0.25) is 0 Å². The first-order valence-corrected chi connectivity index (χ1v) is 6.25. The molecule has 92 valence electrons. The lowest BCUT2D eigenvalue weighted by atomic mass is 10.1. The molecule has 18 heavy (non-hydrogen) atoms. The number of hydrogen-bond acceptors (Lipinski definition) is 2. The predicted molar refractivity (Wildman–Crippen MR) is 73.2 cm³/mol. The van der Waals surface area contributed by atoms with Crippen molar-refractivity contribution >= 4 is 16.6 Å². The van der Waals surface area contributed by atoms with Crippen LogP contribution in [0.5, 0.6) is 0 Å². The van der Waals surface area contributed by atoms with E-state index in [0.717, 1.165) is 31.9 Å². The largest absolute Gasteiger partial charge is 0.378 e. The normalized spacial score (nSPS) is 15.9. The summed E-state index contributed by atoms with van der Waals surface area (Å²) in [6.45, 7) is 3.06. The molecular weight excluding hydrogens is 224 g/mol. The third-order valence-corrected chi connectivity index (χ3v) is 3.35. The first-order valence-electron chi connectivity index (χ1n) is 6.25. The van der Waals surface area contributed by atoms with E-state index in [-0.39, 0.29) is 0 Å². The molecule has 0 radical (unpaired) electrons. The highest BCUT2D eigenvalue weighted by atomic mass is 16.5. The quantitative estimate of drug-likeness (QED) is 0.614. The highest BCUT2D eigenvalue weighted by Gasteiger charge is 2.15. The number of nitrogens with zero attached hydrogens (tertiary/aromatic N) is 1. The maximum Gasteiger partial charge on any atom is 0.128 e. The Balaban J connectivity index is 1.91. The maximum atomic E-state index is 8.27. The average Bonchev–Trinajstić information content (AvgIpc) is 2.47. The van der Waals surface area contributed by atoms with Gasteiger partial charge >= 0.3 is 0 Å². The van der Waals surface area contributed by atoms with Crippen molar-refractivity contribution in [3.05, 3.63) is 48.0 Å². The van der Waals surface area contributed by atoms with Crippen LogP contribution >= 0.6 is 0 Å². The van der Waals surface area contributed by atoms with E-state index in [1.54, 1.807) is 0 Å². The Hall–Kier alpha value is -1.87. The van der Waals surface area contributed by atoms with Crippen molar-refractivity contribution in [3.8, 4) is 0 Å². The third-order valence-electron chi connectivity index (χ3n) is 3.35. The van der Waals surface area contributed by atoms with Gasteiger partial charge in [-0.25, -0.2) is 0 Å². The fourth-order valence-corrected chi connectivity index (χ4v) is 2.31. The predicted octanol–water partition coefficient (Wildman–Crippen LogP) is 2.50. The van der Waals surface area contributed by atoms with Gasteiger partial charge in [0.25, 0.3) is 0 Å². The summed E-state index contributed by atoms with van der Waals surface area (Å²) in [6, 6.07) is 14.5. The number of fused-ring (bicyclic) bond motifs is 1. The molecule has 3 rings (SSSR count). The smallest absolute Gasteiger partial charge is 0.128 e. The molecule has 0 aliphatic carbocycles. The van der Waals surface area contributed by atoms with Crippen LogP contribution in [-0.4, -0.2) is 37.0 Å². The van der Waals surface area contributed by atoms with Crippen molar-refractivity contribution in [1.29, 1.82) is 5.41 Å². The minimum Gasteiger partial charge on any atom is -0.378 e. The average molecular weight is 240 g/mol. The van der Waals surface area contributed by atoms with Gasteiger partial charge in [0.05, 0.1) is 13.2 Å². The number of rotatable bonds is 1. The Morgan fingerprint density at radius 3 is 2.50 bits per heavy atom. The van der Waals surface area contributed by atoms with Crippen molar-refractivity contribution in [3.63, 3.8) is 0 Å². The van der Waals surface area contributed by atoms with Crippen LogP contribution in [-0.2, 0) is 4.74 Å². The molecule has 3 heteroatoms. The van der Waals surface area contributed by atoms with Crippen molar-refractivity contribution in [1.82, 2.24) is 4.90 Å². The molecule has 0 atom stereocenters. The minimum atomic E-state index is 0.601. The molecule has 0 unspecified atom stereocenters. The third kappa shape index (κ3) is 2.09. The first-order chi connectivity index (χ1) is 8.84. The first kappa shape index (κ1) is 11.2. The van der Waals surface area contributed by atoms with Crippen molar-refractivity contribution < 1.29 is 4.74 Å². The second-order valence-electron chi connectivity index (χ2n) is 4.51. The molecule has 0 aromatic heterocycles. The summed E-state index contributed by atoms with van der Waals surface area (Å²) in [7, 11) is 0. The molecule has 2 aromatic carbocycles. The molecule has 0 spiro atoms. The molecule has 1 aliphatic rings. The van der Waals surface area contributed by atoms with Gasteiger partial charge in [-0.2, -0.15) is 0 Å². The van der Waals surface area contributed by atoms with Crippen molar-refractivity contribution in [2.24, 2.45) is 0 Å². The van der Waals surface area contributed by atoms with E-state index in [1.807, 2.05) is 18.2 Å². The van der Waals surface area contributed by atoms with E-state index in [1.165, 1.54) is 10.8 Å². The van der Waals surface area contributed by atoms with Gasteiger partial charge in [-0.15, -0.1) is 0 Å². The lowest BCUT2D eigenvalue weighted by Gasteiger charge is -2.29. The van der Waals surface area contributed by atoms with Crippen LogP contribution in [0, 0.1) is 5.41 Å². The number of morpholine rings is 1. The van der Waals surface area contributed by atoms with Crippen LogP contribution in [0.15, 0.2) is 42.5 Å². The van der Waals surface area contributed by atoms with E-state index in [9.17, 15) is 0 Å². The number of hydrogen-bond donors (Lipinski definition) is 1. The van der Waals surface area contributed by atoms with Crippen molar-refractivity contribution in [2.45, 2.75) is 0 Å². The lowest BCUT2D eigenvalue weighted by Crippen LogP contribution is -2.40. The topological polar surface area (TPSA) is 36.3 Å². The molecule has 1 N–H and O–H groups in total. The Labute approximate surface area is 106 Å². The van der Waals surface area contributed by atoms with Crippen LogP contribution in [0.4, 0.5) is 0 Å². The van der Waals surface area contributed by atoms with E-state index < -0.39 is 0 Å². The van der Waals surface area contributed by atoms with E-state index in [4.69, 9.17) is 10.1 Å². The molecular formula is C15H16N2O. The summed E-state index contributed by atoms with van der Waals surface area (Å²) in [5.41, 5.74) is 0.982. The van der Waals surface area contributed by atoms with E-state index in [2.05, 4.69) is 29.2 Å². The summed E-state index contributed by atoms with van der Waals surface area (Å²) >= 11 is 0. The molecule has 1 saturated heterocycles. The lowest BCUT2D eigenvalue weighted by molar-refractivity contribution is 0.0680. The molecule has 1 fully saturated rings. The fraction of sp³-hybridized carbons (Fsp3) is 0.267. The Kier molecular flexibility index (Phi) is 2.99. The monoisotopic (exact) mass is 240 g/mol. The van der Waals surface area contributed by atoms with Gasteiger partial charge in [-0.1, -0.05) is 36.4 Å². The van der Waals surface area contributed by atoms with Gasteiger partial charge in [-0.3, -0.25) is 5.41 Å². The second kappa shape index (κ2) is 4.78. The molecule has 1 heterocycles. The molecule has 3 nitrogen and oxygen atoms in total. The van der Waals surface area contributed by atoms with Crippen molar-refractivity contribution in [2.75, 3.05) is 26.3 Å². The SMILES string of the molecule is N=C(c1ccc2ccccc2c1)N1CCOCC1. The Morgan fingerprint density at radius 2 is 1.72 bits per heavy atom. The summed E-state index contributed by atoms with van der Waals surface area (Å²) in [5, 5.41) is 10.7. The zero-order valence-electron chi connectivity index (χ0n) is 10.2. The highest BCUT2D eigenvalue weighted by Crippen LogP contribution is 2.17. The van der Waals surface area contributed by atoms with Crippen LogP contribution in [0.25, 0.3) is 10.8 Å². The van der Waals surface area contributed by atoms with E-state index >= 15 is 0 Å². The molecule has 0 saturated carbocycles. The summed E-state index contributed by atoms with van der Waals surface area (Å²) in [5.74, 6) is 0.601. The minimum absolute atomic E-state index is 0.601. The van der Waals surface area contributed by atoms with Crippen LogP contribution < -0.4 is 0 Å². The standard InChI is InChI=1S/C15H16N2O/c16-15(17-7-9-18-10-8-17)14-6-5-12-3-1-2-4-13(12)11-14/h1-6,11,16H,7-10H2. The molecule has 0 amide bonds. The number of ether oxygens (including phenoxy) is 1. The summed E-state index contributed by atoms with van der Waals surface area (Å²) in [6.07, 6.45) is 0. The summed E-state index contributed by atoms with van der Waals surface area (Å²) in [4.78, 5) is 2.08. The van der Waals surface area contributed by atoms with Gasteiger partial charge in [0.1, 0.15) is 5.84 Å². The Morgan fingerprint density at radius 1 is 1.00 bits per heavy atom. The van der Waals surface area contributed by atoms with Gasteiger partial charge < -0.3 is 9.64 Å². The van der Waals surface area contributed by atoms with Gasteiger partial charge in [-0.05, 0) is 16.8 Å². The second-order valence-corrected chi connectivity index (χ2v) is 4.51. The number of nitrogens with one attached hydrogen (secondary N) is 1. The highest BCUT2D eigenvalue weighted by molar-refractivity contribution is 6.00. The number of amidine groups is 1. The zero-order valence-corrected chi connectivity index (χ0v) is 10.2. The maximum absolute atomic E-state index is 8.27. The van der Waals surface area contributed by atoms with Gasteiger partial charge in [0, 0.05) is 18.7 Å². The van der Waals surface area contributed by atoms with Crippen LogP contribution in [0.1, 0.15) is 5.56 Å². The fourth-order valence-electron chi connectivity index (χ4n) is 2.31. The molecule has 2 aromatic rings. The van der Waals surface area contributed by atoms with Crippen LogP contribution in [0.3, 0.4) is 0 Å². The number of benzene rings is 2.